The molecule has 1 aromatic rings. The number of alkyl halides is 3. The Morgan fingerprint density at radius 3 is 2.29 bits per heavy atom. The van der Waals surface area contributed by atoms with Gasteiger partial charge in [-0.25, -0.2) is 4.98 Å². The molecule has 0 radical (unpaired) electrons. The molecule has 76 valence electrons. The van der Waals surface area contributed by atoms with Crippen LogP contribution in [0.15, 0.2) is 16.7 Å². The molecule has 0 aliphatic rings. The lowest BCUT2D eigenvalue weighted by molar-refractivity contribution is -0.140. The summed E-state index contributed by atoms with van der Waals surface area (Å²) in [5.74, 6) is 0. The summed E-state index contributed by atoms with van der Waals surface area (Å²) in [6, 6.07) is 2.15. The van der Waals surface area contributed by atoms with Gasteiger partial charge in [0.25, 0.3) is 0 Å². The highest BCUT2D eigenvalue weighted by atomic mass is 79.9. The Hall–Kier alpha value is -0.595. The Balaban J connectivity index is 3.30. The SMILES string of the molecule is OB(O)c1ccc(Br)nc1C(F)(F)F. The van der Waals surface area contributed by atoms with Crippen LogP contribution >= 0.6 is 15.9 Å². The van der Waals surface area contributed by atoms with Gasteiger partial charge in [-0.05, 0) is 22.0 Å². The van der Waals surface area contributed by atoms with Gasteiger partial charge in [-0.15, -0.1) is 0 Å². The lowest BCUT2D eigenvalue weighted by Crippen LogP contribution is -2.37. The third-order valence-electron chi connectivity index (χ3n) is 1.44. The summed E-state index contributed by atoms with van der Waals surface area (Å²) in [7, 11) is -2.19. The van der Waals surface area contributed by atoms with E-state index in [1.807, 2.05) is 0 Å². The minimum atomic E-state index is -4.71. The predicted molar refractivity (Wildman–Crippen MR) is 46.8 cm³/mol. The van der Waals surface area contributed by atoms with Crippen molar-refractivity contribution in [3.8, 4) is 0 Å². The fourth-order valence-corrected chi connectivity index (χ4v) is 1.19. The van der Waals surface area contributed by atoms with E-state index >= 15 is 0 Å². The highest BCUT2D eigenvalue weighted by molar-refractivity contribution is 9.10. The van der Waals surface area contributed by atoms with Crippen LogP contribution in [0.2, 0.25) is 0 Å². The Morgan fingerprint density at radius 2 is 1.86 bits per heavy atom. The van der Waals surface area contributed by atoms with Crippen LogP contribution in [0.1, 0.15) is 5.69 Å². The van der Waals surface area contributed by atoms with Crippen molar-refractivity contribution in [1.82, 2.24) is 4.98 Å². The smallest absolute Gasteiger partial charge is 0.423 e. The number of aromatic nitrogens is 1. The summed E-state index contributed by atoms with van der Waals surface area (Å²) in [4.78, 5) is 3.14. The summed E-state index contributed by atoms with van der Waals surface area (Å²) >= 11 is 2.76. The first-order valence-electron chi connectivity index (χ1n) is 3.42. The molecule has 0 fully saturated rings. The van der Waals surface area contributed by atoms with Crippen LogP contribution in [0.4, 0.5) is 13.2 Å². The van der Waals surface area contributed by atoms with Crippen LogP contribution < -0.4 is 5.46 Å². The van der Waals surface area contributed by atoms with Gasteiger partial charge >= 0.3 is 13.3 Å². The molecule has 1 aromatic heterocycles. The van der Waals surface area contributed by atoms with Gasteiger partial charge in [0.2, 0.25) is 0 Å². The second kappa shape index (κ2) is 3.88. The van der Waals surface area contributed by atoms with Crippen molar-refractivity contribution in [2.24, 2.45) is 0 Å². The van der Waals surface area contributed by atoms with Crippen molar-refractivity contribution >= 4 is 28.5 Å². The Bertz CT molecular complexity index is 344. The van der Waals surface area contributed by atoms with E-state index in [1.54, 1.807) is 0 Å². The summed E-state index contributed by atoms with van der Waals surface area (Å²) in [6.07, 6.45) is -4.71. The van der Waals surface area contributed by atoms with E-state index in [2.05, 4.69) is 20.9 Å². The number of rotatable bonds is 1. The standard InChI is InChI=1S/C6H4BBrF3NO2/c8-4-2-1-3(7(13)14)5(12-4)6(9,10)11/h1-2,13-14H. The van der Waals surface area contributed by atoms with E-state index in [1.165, 1.54) is 6.07 Å². The molecule has 0 amide bonds. The first-order chi connectivity index (χ1) is 6.32. The molecule has 1 rings (SSSR count). The molecule has 0 aromatic carbocycles. The lowest BCUT2D eigenvalue weighted by atomic mass is 9.79. The fraction of sp³-hybridized carbons (Fsp3) is 0.167. The zero-order valence-corrected chi connectivity index (χ0v) is 8.17. The zero-order chi connectivity index (χ0) is 10.9. The van der Waals surface area contributed by atoms with E-state index in [0.717, 1.165) is 6.07 Å². The molecule has 0 aliphatic heterocycles. The Labute approximate surface area is 85.9 Å². The summed E-state index contributed by atoms with van der Waals surface area (Å²) in [5.41, 5.74) is -1.97. The largest absolute Gasteiger partial charge is 0.490 e. The summed E-state index contributed by atoms with van der Waals surface area (Å²) in [6.45, 7) is 0. The maximum absolute atomic E-state index is 12.3. The van der Waals surface area contributed by atoms with Gasteiger partial charge in [0.1, 0.15) is 10.3 Å². The van der Waals surface area contributed by atoms with E-state index in [-0.39, 0.29) is 4.60 Å². The number of nitrogens with zero attached hydrogens (tertiary/aromatic N) is 1. The predicted octanol–water partition coefficient (Wildman–Crippen LogP) is 0.543. The normalized spacial score (nSPS) is 11.6. The van der Waals surface area contributed by atoms with Gasteiger partial charge in [-0.3, -0.25) is 0 Å². The first-order valence-corrected chi connectivity index (χ1v) is 4.21. The molecule has 0 saturated heterocycles. The molecule has 0 atom stereocenters. The van der Waals surface area contributed by atoms with Crippen LogP contribution in [0.3, 0.4) is 0 Å². The van der Waals surface area contributed by atoms with E-state index in [4.69, 9.17) is 10.0 Å². The maximum atomic E-state index is 12.3. The molecule has 0 bridgehead atoms. The Kier molecular flexibility index (Phi) is 3.18. The van der Waals surface area contributed by atoms with Crippen LogP contribution in [-0.2, 0) is 6.18 Å². The van der Waals surface area contributed by atoms with Crippen molar-refractivity contribution in [3.63, 3.8) is 0 Å². The van der Waals surface area contributed by atoms with Crippen molar-refractivity contribution in [2.45, 2.75) is 6.18 Å². The molecule has 0 aliphatic carbocycles. The van der Waals surface area contributed by atoms with Gasteiger partial charge in [0.15, 0.2) is 0 Å². The van der Waals surface area contributed by atoms with E-state index < -0.39 is 24.5 Å². The van der Waals surface area contributed by atoms with Crippen molar-refractivity contribution in [1.29, 1.82) is 0 Å². The second-order valence-electron chi connectivity index (χ2n) is 2.44. The average molecular weight is 270 g/mol. The highest BCUT2D eigenvalue weighted by Gasteiger charge is 2.38. The van der Waals surface area contributed by atoms with Gasteiger partial charge in [0, 0.05) is 5.46 Å². The summed E-state index contributed by atoms with van der Waals surface area (Å²) in [5, 5.41) is 17.3. The third-order valence-corrected chi connectivity index (χ3v) is 1.88. The number of hydrogen-bond acceptors (Lipinski definition) is 3. The zero-order valence-electron chi connectivity index (χ0n) is 6.59. The highest BCUT2D eigenvalue weighted by Crippen LogP contribution is 2.27. The number of halogens is 4. The van der Waals surface area contributed by atoms with Gasteiger partial charge in [0.05, 0.1) is 0 Å². The minimum absolute atomic E-state index is 0.0192. The van der Waals surface area contributed by atoms with E-state index in [0.29, 0.717) is 0 Å². The van der Waals surface area contributed by atoms with Crippen LogP contribution in [0.25, 0.3) is 0 Å². The quantitative estimate of drug-likeness (QED) is 0.578. The van der Waals surface area contributed by atoms with Crippen molar-refractivity contribution < 1.29 is 23.2 Å². The Morgan fingerprint density at radius 1 is 1.29 bits per heavy atom. The first kappa shape index (κ1) is 11.5. The second-order valence-corrected chi connectivity index (χ2v) is 3.26. The number of hydrogen-bond donors (Lipinski definition) is 2. The third kappa shape index (κ3) is 2.46. The molecule has 1 heterocycles. The minimum Gasteiger partial charge on any atom is -0.423 e. The topological polar surface area (TPSA) is 53.4 Å². The van der Waals surface area contributed by atoms with Gasteiger partial charge in [-0.1, -0.05) is 6.07 Å². The molecular formula is C6H4BBrF3NO2. The molecule has 8 heteroatoms. The molecule has 0 spiro atoms. The van der Waals surface area contributed by atoms with Gasteiger partial charge in [-0.2, -0.15) is 13.2 Å². The number of pyridine rings is 1. The van der Waals surface area contributed by atoms with Crippen LogP contribution in [0.5, 0.6) is 0 Å². The monoisotopic (exact) mass is 269 g/mol. The lowest BCUT2D eigenvalue weighted by Gasteiger charge is -2.10. The van der Waals surface area contributed by atoms with E-state index in [9.17, 15) is 13.2 Å². The van der Waals surface area contributed by atoms with Crippen molar-refractivity contribution in [2.75, 3.05) is 0 Å². The maximum Gasteiger partial charge on any atom is 0.490 e. The van der Waals surface area contributed by atoms with Crippen LogP contribution in [0, 0.1) is 0 Å². The molecular weight excluding hydrogens is 266 g/mol. The molecule has 14 heavy (non-hydrogen) atoms. The molecule has 0 unspecified atom stereocenters. The van der Waals surface area contributed by atoms with Gasteiger partial charge < -0.3 is 10.0 Å². The van der Waals surface area contributed by atoms with Crippen LogP contribution in [-0.4, -0.2) is 22.2 Å². The molecule has 0 saturated carbocycles. The van der Waals surface area contributed by atoms with Crippen molar-refractivity contribution in [3.05, 3.63) is 22.4 Å². The molecule has 2 N–H and O–H groups in total. The summed E-state index contributed by atoms with van der Waals surface area (Å²) < 4.78 is 36.8. The fourth-order valence-electron chi connectivity index (χ4n) is 0.882. The average Bonchev–Trinajstić information content (AvgIpc) is 2.01. The molecule has 3 nitrogen and oxygen atoms in total.